The zero-order valence-electron chi connectivity index (χ0n) is 11.0. The number of nitrogens with zero attached hydrogens (tertiary/aromatic N) is 2. The summed E-state index contributed by atoms with van der Waals surface area (Å²) >= 11 is 18.2. The monoisotopic (exact) mass is 332 g/mol. The fourth-order valence-electron chi connectivity index (χ4n) is 1.95. The Morgan fingerprint density at radius 2 is 1.95 bits per heavy atom. The van der Waals surface area contributed by atoms with Gasteiger partial charge in [-0.25, -0.2) is 4.98 Å². The van der Waals surface area contributed by atoms with Crippen LogP contribution in [0.2, 0.25) is 15.1 Å². The maximum absolute atomic E-state index is 6.15. The van der Waals surface area contributed by atoms with Crippen LogP contribution in [0.15, 0.2) is 30.9 Å². The van der Waals surface area contributed by atoms with E-state index in [-0.39, 0.29) is 6.10 Å². The highest BCUT2D eigenvalue weighted by atomic mass is 35.5. The summed E-state index contributed by atoms with van der Waals surface area (Å²) in [5, 5.41) is 1.34. The molecule has 0 N–H and O–H groups in total. The standard InChI is InChI=1S/C14H15Cl3N2O/c1-2-3-11(8-19-5-4-18-9-19)20-14-12(16)6-10(15)7-13(14)17/h4-7,9,11H,2-3,8H2,1H3. The lowest BCUT2D eigenvalue weighted by Gasteiger charge is -2.20. The quantitative estimate of drug-likeness (QED) is 0.736. The van der Waals surface area contributed by atoms with E-state index in [9.17, 15) is 0 Å². The van der Waals surface area contributed by atoms with Gasteiger partial charge in [0.25, 0.3) is 0 Å². The molecular weight excluding hydrogens is 319 g/mol. The average molecular weight is 334 g/mol. The number of hydrogen-bond acceptors (Lipinski definition) is 2. The minimum Gasteiger partial charge on any atom is -0.485 e. The highest BCUT2D eigenvalue weighted by Crippen LogP contribution is 2.36. The largest absolute Gasteiger partial charge is 0.485 e. The van der Waals surface area contributed by atoms with Crippen molar-refractivity contribution >= 4 is 34.8 Å². The summed E-state index contributed by atoms with van der Waals surface area (Å²) in [6.45, 7) is 2.80. The molecule has 1 aromatic heterocycles. The first-order valence-corrected chi connectivity index (χ1v) is 7.50. The molecule has 1 aromatic carbocycles. The molecule has 0 fully saturated rings. The van der Waals surface area contributed by atoms with Gasteiger partial charge in [-0.3, -0.25) is 0 Å². The van der Waals surface area contributed by atoms with E-state index < -0.39 is 0 Å². The molecule has 1 heterocycles. The van der Waals surface area contributed by atoms with Crippen molar-refractivity contribution in [3.05, 3.63) is 45.9 Å². The van der Waals surface area contributed by atoms with Gasteiger partial charge in [-0.15, -0.1) is 0 Å². The molecule has 0 radical (unpaired) electrons. The van der Waals surface area contributed by atoms with E-state index in [1.54, 1.807) is 24.7 Å². The lowest BCUT2D eigenvalue weighted by Crippen LogP contribution is -2.22. The Morgan fingerprint density at radius 3 is 2.50 bits per heavy atom. The number of benzene rings is 1. The molecule has 6 heteroatoms. The number of aromatic nitrogens is 2. The van der Waals surface area contributed by atoms with Gasteiger partial charge in [0.1, 0.15) is 6.10 Å². The van der Waals surface area contributed by atoms with Crippen molar-refractivity contribution in [3.8, 4) is 5.75 Å². The summed E-state index contributed by atoms with van der Waals surface area (Å²) in [5.74, 6) is 0.483. The SMILES string of the molecule is CCCC(Cn1ccnc1)Oc1c(Cl)cc(Cl)cc1Cl. The van der Waals surface area contributed by atoms with Crippen molar-refractivity contribution in [2.24, 2.45) is 0 Å². The van der Waals surface area contributed by atoms with Crippen LogP contribution in [0.3, 0.4) is 0 Å². The van der Waals surface area contributed by atoms with Crippen molar-refractivity contribution in [1.82, 2.24) is 9.55 Å². The van der Waals surface area contributed by atoms with E-state index in [2.05, 4.69) is 11.9 Å². The van der Waals surface area contributed by atoms with E-state index in [1.165, 1.54) is 0 Å². The summed E-state index contributed by atoms with van der Waals surface area (Å²) in [4.78, 5) is 4.03. The molecule has 0 spiro atoms. The van der Waals surface area contributed by atoms with Crippen LogP contribution >= 0.6 is 34.8 Å². The number of ether oxygens (including phenoxy) is 1. The van der Waals surface area contributed by atoms with E-state index in [4.69, 9.17) is 39.5 Å². The Kier molecular flexibility index (Phi) is 5.58. The number of imidazole rings is 1. The van der Waals surface area contributed by atoms with Crippen molar-refractivity contribution in [2.75, 3.05) is 0 Å². The van der Waals surface area contributed by atoms with Gasteiger partial charge in [0.05, 0.1) is 22.9 Å². The molecule has 0 bridgehead atoms. The topological polar surface area (TPSA) is 27.1 Å². The van der Waals surface area contributed by atoms with Crippen molar-refractivity contribution < 1.29 is 4.74 Å². The minimum atomic E-state index is -0.0228. The second kappa shape index (κ2) is 7.21. The third kappa shape index (κ3) is 4.05. The van der Waals surface area contributed by atoms with E-state index in [0.717, 1.165) is 12.8 Å². The van der Waals surface area contributed by atoms with Gasteiger partial charge in [0.2, 0.25) is 0 Å². The summed E-state index contributed by atoms with van der Waals surface area (Å²) in [5.41, 5.74) is 0. The summed E-state index contributed by atoms with van der Waals surface area (Å²) in [7, 11) is 0. The molecule has 2 rings (SSSR count). The molecule has 0 saturated carbocycles. The van der Waals surface area contributed by atoms with Crippen LogP contribution in [-0.4, -0.2) is 15.7 Å². The molecule has 0 aliphatic rings. The second-order valence-corrected chi connectivity index (χ2v) is 5.74. The fourth-order valence-corrected chi connectivity index (χ4v) is 2.85. The van der Waals surface area contributed by atoms with Gasteiger partial charge in [0, 0.05) is 17.4 Å². The number of hydrogen-bond donors (Lipinski definition) is 0. The van der Waals surface area contributed by atoms with Gasteiger partial charge in [-0.05, 0) is 18.6 Å². The maximum atomic E-state index is 6.15. The van der Waals surface area contributed by atoms with Gasteiger partial charge in [-0.2, -0.15) is 0 Å². The Labute approximate surface area is 133 Å². The summed E-state index contributed by atoms with van der Waals surface area (Å²) < 4.78 is 7.94. The highest BCUT2D eigenvalue weighted by molar-refractivity contribution is 6.40. The first-order chi connectivity index (χ1) is 9.60. The van der Waals surface area contributed by atoms with Gasteiger partial charge in [-0.1, -0.05) is 48.1 Å². The normalized spacial score (nSPS) is 12.4. The third-order valence-electron chi connectivity index (χ3n) is 2.83. The Morgan fingerprint density at radius 1 is 1.25 bits per heavy atom. The Hall–Kier alpha value is -0.900. The second-order valence-electron chi connectivity index (χ2n) is 4.49. The zero-order chi connectivity index (χ0) is 14.5. The zero-order valence-corrected chi connectivity index (χ0v) is 13.3. The van der Waals surface area contributed by atoms with Crippen LogP contribution in [0.4, 0.5) is 0 Å². The molecule has 0 saturated heterocycles. The van der Waals surface area contributed by atoms with E-state index in [0.29, 0.717) is 27.4 Å². The first-order valence-electron chi connectivity index (χ1n) is 6.37. The van der Waals surface area contributed by atoms with Crippen molar-refractivity contribution in [1.29, 1.82) is 0 Å². The first kappa shape index (κ1) is 15.5. The molecule has 20 heavy (non-hydrogen) atoms. The predicted molar refractivity (Wildman–Crippen MR) is 83.0 cm³/mol. The lowest BCUT2D eigenvalue weighted by atomic mass is 10.2. The molecule has 108 valence electrons. The Bertz CT molecular complexity index is 535. The fraction of sp³-hybridized carbons (Fsp3) is 0.357. The van der Waals surface area contributed by atoms with Crippen molar-refractivity contribution in [2.45, 2.75) is 32.4 Å². The van der Waals surface area contributed by atoms with Crippen LogP contribution in [0, 0.1) is 0 Å². The van der Waals surface area contributed by atoms with Gasteiger partial charge >= 0.3 is 0 Å². The average Bonchev–Trinajstić information content (AvgIpc) is 2.86. The molecule has 0 aliphatic heterocycles. The molecular formula is C14H15Cl3N2O. The highest BCUT2D eigenvalue weighted by Gasteiger charge is 2.16. The predicted octanol–water partition coefficient (Wildman–Crippen LogP) is 5.09. The summed E-state index contributed by atoms with van der Waals surface area (Å²) in [6, 6.07) is 3.26. The van der Waals surface area contributed by atoms with Gasteiger partial charge < -0.3 is 9.30 Å². The van der Waals surface area contributed by atoms with Crippen LogP contribution < -0.4 is 4.74 Å². The maximum Gasteiger partial charge on any atom is 0.157 e. The van der Waals surface area contributed by atoms with Crippen LogP contribution in [0.25, 0.3) is 0 Å². The van der Waals surface area contributed by atoms with Crippen LogP contribution in [0.5, 0.6) is 5.75 Å². The van der Waals surface area contributed by atoms with Crippen LogP contribution in [-0.2, 0) is 6.54 Å². The van der Waals surface area contributed by atoms with Crippen LogP contribution in [0.1, 0.15) is 19.8 Å². The molecule has 0 amide bonds. The van der Waals surface area contributed by atoms with Crippen molar-refractivity contribution in [3.63, 3.8) is 0 Å². The number of rotatable bonds is 6. The molecule has 1 atom stereocenters. The smallest absolute Gasteiger partial charge is 0.157 e. The minimum absolute atomic E-state index is 0.0228. The molecule has 2 aromatic rings. The van der Waals surface area contributed by atoms with E-state index >= 15 is 0 Å². The number of halogens is 3. The molecule has 0 aliphatic carbocycles. The molecule has 1 unspecified atom stereocenters. The van der Waals surface area contributed by atoms with Gasteiger partial charge in [0.15, 0.2) is 5.75 Å². The lowest BCUT2D eigenvalue weighted by molar-refractivity contribution is 0.169. The Balaban J connectivity index is 2.15. The third-order valence-corrected chi connectivity index (χ3v) is 3.61. The molecule has 3 nitrogen and oxygen atoms in total. The van der Waals surface area contributed by atoms with E-state index in [1.807, 2.05) is 10.8 Å². The summed E-state index contributed by atoms with van der Waals surface area (Å²) in [6.07, 6.45) is 7.28.